The molecule has 0 spiro atoms. The van der Waals surface area contributed by atoms with E-state index in [-0.39, 0.29) is 17.5 Å². The molecule has 2 heterocycles. The second kappa shape index (κ2) is 11.2. The van der Waals surface area contributed by atoms with Crippen molar-refractivity contribution in [3.63, 3.8) is 0 Å². The maximum atomic E-state index is 13.6. The Kier molecular flexibility index (Phi) is 7.77. The molecule has 37 heavy (non-hydrogen) atoms. The van der Waals surface area contributed by atoms with Crippen molar-refractivity contribution in [1.29, 1.82) is 0 Å². The van der Waals surface area contributed by atoms with Crippen molar-refractivity contribution in [1.82, 2.24) is 19.1 Å². The number of nitrogens with one attached hydrogen (secondary N) is 1. The molecule has 0 aliphatic heterocycles. The van der Waals surface area contributed by atoms with Gasteiger partial charge in [-0.05, 0) is 88.6 Å². The molecule has 6 nitrogen and oxygen atoms in total. The number of aromatic nitrogens is 4. The van der Waals surface area contributed by atoms with Gasteiger partial charge in [-0.1, -0.05) is 38.5 Å². The van der Waals surface area contributed by atoms with Crippen LogP contribution in [0.3, 0.4) is 0 Å². The van der Waals surface area contributed by atoms with E-state index in [0.29, 0.717) is 29.1 Å². The Morgan fingerprint density at radius 3 is 2.22 bits per heavy atom. The lowest BCUT2D eigenvalue weighted by atomic mass is 9.75. The molecule has 0 amide bonds. The van der Waals surface area contributed by atoms with Crippen LogP contribution in [0.2, 0.25) is 0 Å². The normalized spacial score (nSPS) is 21.2. The van der Waals surface area contributed by atoms with E-state index in [4.69, 9.17) is 4.98 Å². The zero-order valence-corrected chi connectivity index (χ0v) is 22.4. The number of benzene rings is 1. The Morgan fingerprint density at radius 2 is 1.57 bits per heavy atom. The van der Waals surface area contributed by atoms with Gasteiger partial charge in [-0.3, -0.25) is 9.13 Å². The van der Waals surface area contributed by atoms with Gasteiger partial charge in [0.2, 0.25) is 5.95 Å². The quantitative estimate of drug-likeness (QED) is 0.364. The molecule has 198 valence electrons. The molecule has 1 aromatic carbocycles. The van der Waals surface area contributed by atoms with Gasteiger partial charge in [-0.2, -0.15) is 0 Å². The SMILES string of the molecule is Cc1c(-c2ccnc(N[C@H]3CC[C@H](C4CCCCCC4)CC3)n2)n(-c2ccc(F)cc2)c(=O)n1C(C)C. The van der Waals surface area contributed by atoms with Crippen LogP contribution in [0.25, 0.3) is 17.1 Å². The molecular weight excluding hydrogens is 465 g/mol. The van der Waals surface area contributed by atoms with Gasteiger partial charge in [0.05, 0.1) is 17.1 Å². The highest BCUT2D eigenvalue weighted by Crippen LogP contribution is 2.38. The van der Waals surface area contributed by atoms with Crippen molar-refractivity contribution in [2.45, 2.75) is 97.1 Å². The fourth-order valence-electron chi connectivity index (χ4n) is 6.62. The summed E-state index contributed by atoms with van der Waals surface area (Å²) in [7, 11) is 0. The summed E-state index contributed by atoms with van der Waals surface area (Å²) < 4.78 is 17.0. The van der Waals surface area contributed by atoms with Crippen LogP contribution in [0.15, 0.2) is 41.3 Å². The molecule has 2 aliphatic rings. The summed E-state index contributed by atoms with van der Waals surface area (Å²) in [5.74, 6) is 2.05. The van der Waals surface area contributed by atoms with Crippen LogP contribution >= 0.6 is 0 Å². The molecule has 0 unspecified atom stereocenters. The van der Waals surface area contributed by atoms with E-state index >= 15 is 0 Å². The third-order valence-corrected chi connectivity index (χ3v) is 8.50. The standard InChI is InChI=1S/C30H40FN5O/c1-20(2)35-21(3)28(36(30(35)37)26-16-12-24(31)13-17-26)27-18-19-32-29(34-27)33-25-14-10-23(11-15-25)22-8-6-4-5-7-9-22/h12-13,16-20,22-23,25H,4-11,14-15H2,1-3H3,(H,32,33,34)/t23-,25-. The molecular formula is C30H40FN5O. The Bertz CT molecular complexity index is 1250. The van der Waals surface area contributed by atoms with E-state index in [1.807, 2.05) is 26.8 Å². The zero-order chi connectivity index (χ0) is 25.9. The number of anilines is 1. The maximum Gasteiger partial charge on any atom is 0.333 e. The van der Waals surface area contributed by atoms with Crippen LogP contribution < -0.4 is 11.0 Å². The van der Waals surface area contributed by atoms with Crippen molar-refractivity contribution in [3.8, 4) is 17.1 Å². The first-order valence-corrected chi connectivity index (χ1v) is 14.1. The second-order valence-electron chi connectivity index (χ2n) is 11.3. The predicted octanol–water partition coefficient (Wildman–Crippen LogP) is 7.07. The molecule has 5 rings (SSSR count). The first kappa shape index (κ1) is 25.7. The lowest BCUT2D eigenvalue weighted by molar-refractivity contribution is 0.219. The minimum absolute atomic E-state index is 0.0176. The summed E-state index contributed by atoms with van der Waals surface area (Å²) in [5, 5.41) is 3.59. The first-order valence-electron chi connectivity index (χ1n) is 14.1. The number of halogens is 1. The van der Waals surface area contributed by atoms with E-state index < -0.39 is 0 Å². The van der Waals surface area contributed by atoms with Crippen LogP contribution in [-0.2, 0) is 0 Å². The maximum absolute atomic E-state index is 13.6. The largest absolute Gasteiger partial charge is 0.351 e. The topological polar surface area (TPSA) is 64.7 Å². The van der Waals surface area contributed by atoms with Gasteiger partial charge >= 0.3 is 5.69 Å². The van der Waals surface area contributed by atoms with Crippen molar-refractivity contribution in [2.75, 3.05) is 5.32 Å². The molecule has 0 atom stereocenters. The van der Waals surface area contributed by atoms with Gasteiger partial charge in [0.1, 0.15) is 5.82 Å². The lowest BCUT2D eigenvalue weighted by Gasteiger charge is -2.34. The first-order chi connectivity index (χ1) is 17.9. The fourth-order valence-corrected chi connectivity index (χ4v) is 6.62. The number of imidazole rings is 1. The summed E-state index contributed by atoms with van der Waals surface area (Å²) in [5.41, 5.74) is 2.70. The van der Waals surface area contributed by atoms with Gasteiger partial charge in [0.15, 0.2) is 0 Å². The highest BCUT2D eigenvalue weighted by molar-refractivity contribution is 5.62. The van der Waals surface area contributed by atoms with E-state index in [1.54, 1.807) is 27.5 Å². The minimum atomic E-state index is -0.333. The Hall–Kier alpha value is -2.96. The molecule has 2 fully saturated rings. The summed E-state index contributed by atoms with van der Waals surface area (Å²) >= 11 is 0. The average molecular weight is 506 g/mol. The van der Waals surface area contributed by atoms with E-state index in [9.17, 15) is 9.18 Å². The van der Waals surface area contributed by atoms with Crippen LogP contribution in [0.4, 0.5) is 10.3 Å². The highest BCUT2D eigenvalue weighted by Gasteiger charge is 2.28. The Labute approximate surface area is 219 Å². The van der Waals surface area contributed by atoms with Crippen LogP contribution in [-0.4, -0.2) is 25.1 Å². The smallest absolute Gasteiger partial charge is 0.333 e. The average Bonchev–Trinajstić information content (AvgIpc) is 3.04. The minimum Gasteiger partial charge on any atom is -0.351 e. The highest BCUT2D eigenvalue weighted by atomic mass is 19.1. The van der Waals surface area contributed by atoms with Gasteiger partial charge in [0, 0.05) is 24.0 Å². The summed E-state index contributed by atoms with van der Waals surface area (Å²) in [6.07, 6.45) is 15.1. The summed E-state index contributed by atoms with van der Waals surface area (Å²) in [6.45, 7) is 5.93. The van der Waals surface area contributed by atoms with Crippen molar-refractivity contribution < 1.29 is 4.39 Å². The molecule has 0 bridgehead atoms. The third-order valence-electron chi connectivity index (χ3n) is 8.50. The van der Waals surface area contributed by atoms with Crippen molar-refractivity contribution >= 4 is 5.95 Å². The number of hydrogen-bond acceptors (Lipinski definition) is 4. The summed E-state index contributed by atoms with van der Waals surface area (Å²) in [6, 6.07) is 8.24. The van der Waals surface area contributed by atoms with Crippen molar-refractivity contribution in [2.24, 2.45) is 11.8 Å². The van der Waals surface area contributed by atoms with Crippen LogP contribution in [0, 0.1) is 24.6 Å². The summed E-state index contributed by atoms with van der Waals surface area (Å²) in [4.78, 5) is 22.9. The number of rotatable bonds is 6. The molecule has 0 saturated heterocycles. The second-order valence-corrected chi connectivity index (χ2v) is 11.3. The van der Waals surface area contributed by atoms with E-state index in [0.717, 1.165) is 30.4 Å². The van der Waals surface area contributed by atoms with Gasteiger partial charge in [-0.15, -0.1) is 0 Å². The Morgan fingerprint density at radius 1 is 0.919 bits per heavy atom. The zero-order valence-electron chi connectivity index (χ0n) is 22.4. The molecule has 2 aromatic heterocycles. The molecule has 2 aliphatic carbocycles. The molecule has 2 saturated carbocycles. The molecule has 7 heteroatoms. The third kappa shape index (κ3) is 5.51. The van der Waals surface area contributed by atoms with E-state index in [1.165, 1.54) is 63.5 Å². The van der Waals surface area contributed by atoms with Gasteiger partial charge in [0.25, 0.3) is 0 Å². The molecule has 0 radical (unpaired) electrons. The lowest BCUT2D eigenvalue weighted by Crippen LogP contribution is -2.29. The van der Waals surface area contributed by atoms with Gasteiger partial charge < -0.3 is 5.32 Å². The van der Waals surface area contributed by atoms with E-state index in [2.05, 4.69) is 10.3 Å². The monoisotopic (exact) mass is 505 g/mol. The fraction of sp³-hybridized carbons (Fsp3) is 0.567. The van der Waals surface area contributed by atoms with Gasteiger partial charge in [-0.25, -0.2) is 19.2 Å². The molecule has 3 aromatic rings. The van der Waals surface area contributed by atoms with Crippen molar-refractivity contribution in [3.05, 3.63) is 58.5 Å². The predicted molar refractivity (Wildman–Crippen MR) is 147 cm³/mol. The molecule has 1 N–H and O–H groups in total. The Balaban J connectivity index is 1.38. The van der Waals surface area contributed by atoms with Crippen LogP contribution in [0.5, 0.6) is 0 Å². The number of nitrogens with zero attached hydrogens (tertiary/aromatic N) is 4. The number of hydrogen-bond donors (Lipinski definition) is 1. The van der Waals surface area contributed by atoms with Crippen LogP contribution in [0.1, 0.15) is 89.8 Å².